The zero-order chi connectivity index (χ0) is 19.4. The molecule has 1 N–H and O–H groups in total. The molecular weight excluding hydrogens is 346 g/mol. The van der Waals surface area contributed by atoms with Gasteiger partial charge in [0.05, 0.1) is 25.4 Å². The van der Waals surface area contributed by atoms with Crippen LogP contribution in [-0.4, -0.2) is 43.9 Å². The highest BCUT2D eigenvalue weighted by Gasteiger charge is 2.57. The Bertz CT molecular complexity index is 798. The van der Waals surface area contributed by atoms with E-state index >= 15 is 0 Å². The fraction of sp³-hybridized carbons (Fsp3) is 0.333. The van der Waals surface area contributed by atoms with Crippen LogP contribution in [0.4, 0.5) is 0 Å². The lowest BCUT2D eigenvalue weighted by Gasteiger charge is -2.34. The van der Waals surface area contributed by atoms with Crippen LogP contribution in [0.25, 0.3) is 0 Å². The number of ether oxygens (including phenoxy) is 3. The predicted molar refractivity (Wildman–Crippen MR) is 99.7 cm³/mol. The van der Waals surface area contributed by atoms with Crippen LogP contribution in [0.15, 0.2) is 66.3 Å². The van der Waals surface area contributed by atoms with E-state index in [4.69, 9.17) is 14.2 Å². The predicted octanol–water partition coefficient (Wildman–Crippen LogP) is 2.07. The van der Waals surface area contributed by atoms with E-state index in [0.717, 1.165) is 5.56 Å². The average molecular weight is 369 g/mol. The van der Waals surface area contributed by atoms with Crippen molar-refractivity contribution in [3.8, 4) is 0 Å². The first-order valence-corrected chi connectivity index (χ1v) is 8.74. The summed E-state index contributed by atoms with van der Waals surface area (Å²) >= 11 is 0. The van der Waals surface area contributed by atoms with Gasteiger partial charge in [0.25, 0.3) is 0 Å². The molecule has 0 radical (unpaired) electrons. The van der Waals surface area contributed by atoms with Gasteiger partial charge in [-0.1, -0.05) is 42.5 Å². The number of carbonyl (C=O) groups excluding carboxylic acids is 2. The third kappa shape index (κ3) is 3.34. The summed E-state index contributed by atoms with van der Waals surface area (Å²) in [6.45, 7) is 4.40. The van der Waals surface area contributed by atoms with Gasteiger partial charge in [0.15, 0.2) is 0 Å². The summed E-state index contributed by atoms with van der Waals surface area (Å²) in [5.41, 5.74) is 0.375. The maximum absolute atomic E-state index is 12.6. The van der Waals surface area contributed by atoms with Crippen LogP contribution in [0.5, 0.6) is 0 Å². The van der Waals surface area contributed by atoms with E-state index < -0.39 is 23.6 Å². The first kappa shape index (κ1) is 19.1. The molecule has 0 unspecified atom stereocenters. The van der Waals surface area contributed by atoms with E-state index in [1.165, 1.54) is 14.2 Å². The number of hydrogen-bond donors (Lipinski definition) is 1. The molecule has 6 heteroatoms. The molecule has 0 aromatic heterocycles. The van der Waals surface area contributed by atoms with Crippen molar-refractivity contribution in [2.75, 3.05) is 14.2 Å². The molecule has 1 aromatic rings. The third-order valence-electron chi connectivity index (χ3n) is 4.90. The summed E-state index contributed by atoms with van der Waals surface area (Å²) < 4.78 is 16.0. The Hall–Kier alpha value is -2.70. The molecule has 2 aliphatic rings. The van der Waals surface area contributed by atoms with Crippen molar-refractivity contribution in [2.24, 2.45) is 0 Å². The number of methoxy groups -OCH3 is 2. The highest BCUT2D eigenvalue weighted by atomic mass is 16.6. The molecule has 0 aliphatic carbocycles. The van der Waals surface area contributed by atoms with Crippen LogP contribution in [-0.2, 0) is 30.3 Å². The smallest absolute Gasteiger partial charge is 0.337 e. The fourth-order valence-electron chi connectivity index (χ4n) is 3.65. The van der Waals surface area contributed by atoms with Crippen LogP contribution in [0.2, 0.25) is 0 Å². The van der Waals surface area contributed by atoms with E-state index in [1.807, 2.05) is 36.4 Å². The van der Waals surface area contributed by atoms with Crippen molar-refractivity contribution in [3.05, 3.63) is 71.8 Å². The SMILES string of the molecule is C=CC[C@@H](NCc1ccccc1)[C@@]12C=C[C@@H](O1)C(C(=O)OC)=C2C(=O)OC. The van der Waals surface area contributed by atoms with Gasteiger partial charge < -0.3 is 19.5 Å². The van der Waals surface area contributed by atoms with Gasteiger partial charge in [0.1, 0.15) is 11.7 Å². The van der Waals surface area contributed by atoms with E-state index in [0.29, 0.717) is 13.0 Å². The lowest BCUT2D eigenvalue weighted by Crippen LogP contribution is -2.51. The van der Waals surface area contributed by atoms with Gasteiger partial charge in [0, 0.05) is 12.6 Å². The summed E-state index contributed by atoms with van der Waals surface area (Å²) in [4.78, 5) is 24.9. The number of rotatable bonds is 8. The fourth-order valence-corrected chi connectivity index (χ4v) is 3.65. The summed E-state index contributed by atoms with van der Waals surface area (Å²) in [5.74, 6) is -1.19. The highest BCUT2D eigenvalue weighted by molar-refractivity contribution is 6.05. The minimum absolute atomic E-state index is 0.191. The molecule has 0 saturated carbocycles. The zero-order valence-electron chi connectivity index (χ0n) is 15.4. The Kier molecular flexibility index (Phi) is 5.58. The van der Waals surface area contributed by atoms with Crippen molar-refractivity contribution in [3.63, 3.8) is 0 Å². The van der Waals surface area contributed by atoms with Gasteiger partial charge in [-0.25, -0.2) is 9.59 Å². The normalized spacial score (nSPS) is 24.0. The Balaban J connectivity index is 1.97. The number of fused-ring (bicyclic) bond motifs is 2. The van der Waals surface area contributed by atoms with Gasteiger partial charge in [-0.2, -0.15) is 0 Å². The van der Waals surface area contributed by atoms with Crippen LogP contribution in [0.1, 0.15) is 12.0 Å². The average Bonchev–Trinajstić information content (AvgIpc) is 3.28. The first-order chi connectivity index (χ1) is 13.1. The van der Waals surface area contributed by atoms with Crippen molar-refractivity contribution in [2.45, 2.75) is 30.7 Å². The molecule has 0 fully saturated rings. The summed E-state index contributed by atoms with van der Waals surface area (Å²) in [5, 5.41) is 3.44. The second-order valence-corrected chi connectivity index (χ2v) is 6.41. The first-order valence-electron chi connectivity index (χ1n) is 8.74. The molecule has 2 heterocycles. The molecule has 0 saturated heterocycles. The highest BCUT2D eigenvalue weighted by Crippen LogP contribution is 2.47. The number of esters is 2. The van der Waals surface area contributed by atoms with Gasteiger partial charge in [0.2, 0.25) is 0 Å². The number of nitrogens with one attached hydrogen (secondary N) is 1. The minimum Gasteiger partial charge on any atom is -0.466 e. The molecule has 3 atom stereocenters. The third-order valence-corrected chi connectivity index (χ3v) is 4.90. The molecule has 3 rings (SSSR count). The topological polar surface area (TPSA) is 73.9 Å². The van der Waals surface area contributed by atoms with Crippen LogP contribution in [0, 0.1) is 0 Å². The molecule has 1 aromatic carbocycles. The van der Waals surface area contributed by atoms with Crippen molar-refractivity contribution >= 4 is 11.9 Å². The molecular formula is C21H23NO5. The molecule has 2 bridgehead atoms. The molecule has 0 spiro atoms. The van der Waals surface area contributed by atoms with E-state index in [9.17, 15) is 9.59 Å². The van der Waals surface area contributed by atoms with Crippen LogP contribution < -0.4 is 5.32 Å². The summed E-state index contributed by atoms with van der Waals surface area (Å²) in [7, 11) is 2.56. The lowest BCUT2D eigenvalue weighted by molar-refractivity contribution is -0.139. The maximum atomic E-state index is 12.6. The van der Waals surface area contributed by atoms with Crippen LogP contribution in [0.3, 0.4) is 0 Å². The van der Waals surface area contributed by atoms with Crippen molar-refractivity contribution in [1.82, 2.24) is 5.32 Å². The molecule has 142 valence electrons. The van der Waals surface area contributed by atoms with E-state index in [2.05, 4.69) is 11.9 Å². The summed E-state index contributed by atoms with van der Waals surface area (Å²) in [6, 6.07) is 9.58. The number of benzene rings is 1. The van der Waals surface area contributed by atoms with Crippen molar-refractivity contribution < 1.29 is 23.8 Å². The number of carbonyl (C=O) groups is 2. The lowest BCUT2D eigenvalue weighted by atomic mass is 9.80. The molecule has 6 nitrogen and oxygen atoms in total. The van der Waals surface area contributed by atoms with Gasteiger partial charge in [-0.15, -0.1) is 6.58 Å². The molecule has 2 aliphatic heterocycles. The van der Waals surface area contributed by atoms with E-state index in [-0.39, 0.29) is 17.2 Å². The quantitative estimate of drug-likeness (QED) is 0.559. The second-order valence-electron chi connectivity index (χ2n) is 6.41. The van der Waals surface area contributed by atoms with Crippen LogP contribution >= 0.6 is 0 Å². The largest absolute Gasteiger partial charge is 0.466 e. The van der Waals surface area contributed by atoms with Crippen molar-refractivity contribution in [1.29, 1.82) is 0 Å². The maximum Gasteiger partial charge on any atom is 0.337 e. The molecule has 27 heavy (non-hydrogen) atoms. The number of hydrogen-bond acceptors (Lipinski definition) is 6. The Labute approximate surface area is 158 Å². The Morgan fingerprint density at radius 1 is 1.26 bits per heavy atom. The Morgan fingerprint density at radius 3 is 2.59 bits per heavy atom. The van der Waals surface area contributed by atoms with Gasteiger partial charge in [-0.3, -0.25) is 0 Å². The monoisotopic (exact) mass is 369 g/mol. The second kappa shape index (κ2) is 7.90. The zero-order valence-corrected chi connectivity index (χ0v) is 15.4. The standard InChI is InChI=1S/C21H23NO5/c1-4-8-16(22-13-14-9-6-5-7-10-14)21-12-11-15(27-21)17(19(23)25-2)18(21)20(24)26-3/h4-7,9-12,15-16,22H,1,8,13H2,2-3H3/t15-,16-,21-/m1/s1. The summed E-state index contributed by atoms with van der Waals surface area (Å²) in [6.07, 6.45) is 5.25. The van der Waals surface area contributed by atoms with E-state index in [1.54, 1.807) is 12.2 Å². The minimum atomic E-state index is -1.11. The van der Waals surface area contributed by atoms with Gasteiger partial charge >= 0.3 is 11.9 Å². The van der Waals surface area contributed by atoms with Gasteiger partial charge in [-0.05, 0) is 18.1 Å². The molecule has 0 amide bonds. The Morgan fingerprint density at radius 2 is 1.96 bits per heavy atom.